The monoisotopic (exact) mass is 308 g/mol. The van der Waals surface area contributed by atoms with Crippen molar-refractivity contribution in [3.8, 4) is 11.8 Å². The summed E-state index contributed by atoms with van der Waals surface area (Å²) >= 11 is 0. The first-order valence-corrected chi connectivity index (χ1v) is 7.56. The topological polar surface area (TPSA) is 62.1 Å². The molecule has 0 spiro atoms. The summed E-state index contributed by atoms with van der Waals surface area (Å²) in [7, 11) is 0. The number of carbonyl (C=O) groups is 1. The number of ether oxygens (including phenoxy) is 1. The number of hydrogen-bond donors (Lipinski definition) is 1. The molecule has 0 aliphatic rings. The van der Waals surface area contributed by atoms with Crippen LogP contribution in [0.15, 0.2) is 36.4 Å². The highest BCUT2D eigenvalue weighted by Crippen LogP contribution is 2.24. The zero-order chi connectivity index (χ0) is 16.8. The second-order valence-corrected chi connectivity index (χ2v) is 5.33. The van der Waals surface area contributed by atoms with E-state index >= 15 is 0 Å². The van der Waals surface area contributed by atoms with E-state index in [4.69, 9.17) is 10.00 Å². The third kappa shape index (κ3) is 4.10. The van der Waals surface area contributed by atoms with Gasteiger partial charge in [0.2, 0.25) is 0 Å². The molecule has 2 aromatic carbocycles. The second kappa shape index (κ2) is 7.46. The lowest BCUT2D eigenvalue weighted by Crippen LogP contribution is -2.07. The van der Waals surface area contributed by atoms with E-state index in [1.54, 1.807) is 18.2 Å². The standard InChI is InChI=1S/C19H20N2O2/c1-4-23-19-9-13(2)5-7-16(19)12-21-18-10-15(11-20)6-8-17(18)14(3)22/h5-10,21H,4,12H2,1-3H3. The quantitative estimate of drug-likeness (QED) is 0.817. The van der Waals surface area contributed by atoms with Crippen molar-refractivity contribution in [3.05, 3.63) is 58.7 Å². The van der Waals surface area contributed by atoms with Gasteiger partial charge < -0.3 is 10.1 Å². The fraction of sp³-hybridized carbons (Fsp3) is 0.263. The van der Waals surface area contributed by atoms with Gasteiger partial charge in [-0.15, -0.1) is 0 Å². The minimum atomic E-state index is -0.0362. The first-order chi connectivity index (χ1) is 11.0. The Balaban J connectivity index is 2.27. The van der Waals surface area contributed by atoms with Gasteiger partial charge in [-0.3, -0.25) is 4.79 Å². The minimum absolute atomic E-state index is 0.0362. The number of hydrogen-bond acceptors (Lipinski definition) is 4. The van der Waals surface area contributed by atoms with Crippen molar-refractivity contribution in [1.29, 1.82) is 5.26 Å². The van der Waals surface area contributed by atoms with E-state index in [0.29, 0.717) is 30.0 Å². The lowest BCUT2D eigenvalue weighted by Gasteiger charge is -2.14. The predicted molar refractivity (Wildman–Crippen MR) is 90.8 cm³/mol. The molecule has 2 aromatic rings. The average molecular weight is 308 g/mol. The van der Waals surface area contributed by atoms with E-state index in [0.717, 1.165) is 16.9 Å². The molecule has 0 unspecified atom stereocenters. The van der Waals surface area contributed by atoms with Crippen molar-refractivity contribution in [2.45, 2.75) is 27.3 Å². The average Bonchev–Trinajstić information content (AvgIpc) is 2.54. The van der Waals surface area contributed by atoms with Crippen LogP contribution in [-0.2, 0) is 6.54 Å². The Labute approximate surface area is 136 Å². The molecule has 0 amide bonds. The number of nitrogens with one attached hydrogen (secondary N) is 1. The Morgan fingerprint density at radius 3 is 2.70 bits per heavy atom. The highest BCUT2D eigenvalue weighted by Gasteiger charge is 2.10. The predicted octanol–water partition coefficient (Wildman–Crippen LogP) is 4.08. The fourth-order valence-electron chi connectivity index (χ4n) is 2.36. The number of Topliss-reactive ketones (excluding diaryl/α,β-unsaturated/α-hetero) is 1. The first-order valence-electron chi connectivity index (χ1n) is 7.56. The van der Waals surface area contributed by atoms with Gasteiger partial charge in [0.25, 0.3) is 0 Å². The maximum Gasteiger partial charge on any atom is 0.161 e. The molecule has 1 N–H and O–H groups in total. The smallest absolute Gasteiger partial charge is 0.161 e. The van der Waals surface area contributed by atoms with Crippen LogP contribution in [0.4, 0.5) is 5.69 Å². The highest BCUT2D eigenvalue weighted by molar-refractivity contribution is 5.99. The third-order valence-corrected chi connectivity index (χ3v) is 3.52. The van der Waals surface area contributed by atoms with Gasteiger partial charge in [0.1, 0.15) is 5.75 Å². The minimum Gasteiger partial charge on any atom is -0.494 e. The third-order valence-electron chi connectivity index (χ3n) is 3.52. The molecule has 4 nitrogen and oxygen atoms in total. The molecule has 0 saturated heterocycles. The van der Waals surface area contributed by atoms with Crippen LogP contribution in [0.5, 0.6) is 5.75 Å². The Hall–Kier alpha value is -2.80. The van der Waals surface area contributed by atoms with E-state index in [1.165, 1.54) is 6.92 Å². The van der Waals surface area contributed by atoms with Crippen LogP contribution < -0.4 is 10.1 Å². The van der Waals surface area contributed by atoms with Crippen LogP contribution in [0.1, 0.15) is 40.9 Å². The molecule has 2 rings (SSSR count). The molecular weight excluding hydrogens is 288 g/mol. The van der Waals surface area contributed by atoms with Gasteiger partial charge in [-0.05, 0) is 50.6 Å². The van der Waals surface area contributed by atoms with Crippen molar-refractivity contribution >= 4 is 11.5 Å². The summed E-state index contributed by atoms with van der Waals surface area (Å²) in [6, 6.07) is 13.2. The number of aryl methyl sites for hydroxylation is 1. The van der Waals surface area contributed by atoms with Crippen LogP contribution in [0.25, 0.3) is 0 Å². The van der Waals surface area contributed by atoms with Crippen LogP contribution in [0.2, 0.25) is 0 Å². The number of ketones is 1. The van der Waals surface area contributed by atoms with Crippen molar-refractivity contribution in [2.75, 3.05) is 11.9 Å². The molecule has 0 fully saturated rings. The number of carbonyl (C=O) groups excluding carboxylic acids is 1. The summed E-state index contributed by atoms with van der Waals surface area (Å²) in [4.78, 5) is 11.7. The largest absolute Gasteiger partial charge is 0.494 e. The molecule has 0 radical (unpaired) electrons. The molecule has 0 aliphatic carbocycles. The lowest BCUT2D eigenvalue weighted by atomic mass is 10.1. The summed E-state index contributed by atoms with van der Waals surface area (Å²) in [5.41, 5.74) is 3.91. The van der Waals surface area contributed by atoms with Gasteiger partial charge in [-0.2, -0.15) is 5.26 Å². The fourth-order valence-corrected chi connectivity index (χ4v) is 2.36. The van der Waals surface area contributed by atoms with Crippen LogP contribution in [0.3, 0.4) is 0 Å². The normalized spacial score (nSPS) is 10.0. The van der Waals surface area contributed by atoms with E-state index in [-0.39, 0.29) is 5.78 Å². The summed E-state index contributed by atoms with van der Waals surface area (Å²) in [6.07, 6.45) is 0. The SMILES string of the molecule is CCOc1cc(C)ccc1CNc1cc(C#N)ccc1C(C)=O. The molecule has 4 heteroatoms. The zero-order valence-electron chi connectivity index (χ0n) is 13.6. The number of rotatable bonds is 6. The molecular formula is C19H20N2O2. The van der Waals surface area contributed by atoms with Gasteiger partial charge >= 0.3 is 0 Å². The van der Waals surface area contributed by atoms with E-state index in [1.807, 2.05) is 32.0 Å². The van der Waals surface area contributed by atoms with Gasteiger partial charge in [-0.1, -0.05) is 12.1 Å². The summed E-state index contributed by atoms with van der Waals surface area (Å²) in [5.74, 6) is 0.798. The number of benzene rings is 2. The van der Waals surface area contributed by atoms with E-state index in [2.05, 4.69) is 11.4 Å². The molecule has 0 heterocycles. The first kappa shape index (κ1) is 16.6. The summed E-state index contributed by atoms with van der Waals surface area (Å²) in [6.45, 7) is 6.60. The number of nitriles is 1. The lowest BCUT2D eigenvalue weighted by molar-refractivity contribution is 0.101. The maximum absolute atomic E-state index is 11.7. The van der Waals surface area contributed by atoms with E-state index < -0.39 is 0 Å². The molecule has 0 aromatic heterocycles. The summed E-state index contributed by atoms with van der Waals surface area (Å²) < 4.78 is 5.67. The van der Waals surface area contributed by atoms with Crippen LogP contribution in [0, 0.1) is 18.3 Å². The van der Waals surface area contributed by atoms with Crippen molar-refractivity contribution in [3.63, 3.8) is 0 Å². The molecule has 0 bridgehead atoms. The van der Waals surface area contributed by atoms with E-state index in [9.17, 15) is 4.79 Å². The molecule has 0 saturated carbocycles. The van der Waals surface area contributed by atoms with Crippen molar-refractivity contribution < 1.29 is 9.53 Å². The van der Waals surface area contributed by atoms with Gasteiger partial charge in [-0.25, -0.2) is 0 Å². The number of nitrogens with zero attached hydrogens (tertiary/aromatic N) is 1. The van der Waals surface area contributed by atoms with Gasteiger partial charge in [0, 0.05) is 23.4 Å². The Morgan fingerprint density at radius 1 is 1.26 bits per heavy atom. The molecule has 23 heavy (non-hydrogen) atoms. The molecule has 118 valence electrons. The Kier molecular flexibility index (Phi) is 5.37. The zero-order valence-corrected chi connectivity index (χ0v) is 13.6. The van der Waals surface area contributed by atoms with Crippen molar-refractivity contribution in [2.24, 2.45) is 0 Å². The Bertz CT molecular complexity index is 760. The van der Waals surface area contributed by atoms with Gasteiger partial charge in [0.15, 0.2) is 5.78 Å². The van der Waals surface area contributed by atoms with Crippen molar-refractivity contribution in [1.82, 2.24) is 0 Å². The number of anilines is 1. The van der Waals surface area contributed by atoms with Gasteiger partial charge in [0.05, 0.1) is 18.2 Å². The second-order valence-electron chi connectivity index (χ2n) is 5.33. The Morgan fingerprint density at radius 2 is 2.04 bits per heavy atom. The molecule has 0 atom stereocenters. The summed E-state index contributed by atoms with van der Waals surface area (Å²) in [5, 5.41) is 12.3. The highest BCUT2D eigenvalue weighted by atomic mass is 16.5. The van der Waals surface area contributed by atoms with Crippen LogP contribution >= 0.6 is 0 Å². The molecule has 0 aliphatic heterocycles. The van der Waals surface area contributed by atoms with Crippen LogP contribution in [-0.4, -0.2) is 12.4 Å². The maximum atomic E-state index is 11.7.